The third-order valence-electron chi connectivity index (χ3n) is 7.43. The molecule has 0 atom stereocenters. The summed E-state index contributed by atoms with van der Waals surface area (Å²) in [6, 6.07) is 31.2. The first kappa shape index (κ1) is 34.5. The normalized spacial score (nSPS) is 10.7. The molecule has 4 aromatic carbocycles. The molecule has 8 aromatic rings. The lowest BCUT2D eigenvalue weighted by molar-refractivity contribution is 0.426. The second-order valence-corrected chi connectivity index (χ2v) is 13.1. The maximum absolute atomic E-state index is 9.12. The first-order valence-corrected chi connectivity index (χ1v) is 16.6. The molecule has 2 N–H and O–H groups in total. The van der Waals surface area contributed by atoms with Gasteiger partial charge in [-0.15, -0.1) is 0 Å². The molecule has 236 valence electrons. The topological polar surface area (TPSA) is 92.5 Å². The quantitative estimate of drug-likeness (QED) is 0.133. The minimum Gasteiger partial charge on any atom is -0.456 e. The van der Waals surface area contributed by atoms with Gasteiger partial charge in [-0.05, 0) is 127 Å². The van der Waals surface area contributed by atoms with Crippen LogP contribution >= 0.6 is 47.8 Å². The van der Waals surface area contributed by atoms with Crippen LogP contribution in [0.5, 0.6) is 0 Å². The number of fused-ring (bicyclic) bond motifs is 6. The number of pyridine rings is 2. The van der Waals surface area contributed by atoms with Crippen LogP contribution in [0.15, 0.2) is 132 Å². The Morgan fingerprint density at radius 1 is 0.574 bits per heavy atom. The summed E-state index contributed by atoms with van der Waals surface area (Å²) in [6.45, 7) is 4.09. The predicted molar refractivity (Wildman–Crippen MR) is 204 cm³/mol. The molecule has 0 aliphatic carbocycles. The molecule has 8 rings (SSSR count). The van der Waals surface area contributed by atoms with Crippen molar-refractivity contribution < 1.29 is 18.9 Å². The highest BCUT2D eigenvalue weighted by Gasteiger charge is 2.14. The molecule has 0 saturated heterocycles. The Morgan fingerprint density at radius 2 is 1.09 bits per heavy atom. The first-order chi connectivity index (χ1) is 22.2. The lowest BCUT2D eigenvalue weighted by Crippen LogP contribution is -2.29. The fourth-order valence-corrected chi connectivity index (χ4v) is 5.87. The third kappa shape index (κ3) is 7.69. The average molecular weight is 817 g/mol. The molecule has 6 nitrogen and oxygen atoms in total. The van der Waals surface area contributed by atoms with E-state index in [4.69, 9.17) is 18.9 Å². The highest BCUT2D eigenvalue weighted by Crippen LogP contribution is 2.32. The first-order valence-electron chi connectivity index (χ1n) is 14.3. The summed E-state index contributed by atoms with van der Waals surface area (Å²) in [7, 11) is -1.45. The number of hydrogen-bond donors (Lipinski definition) is 2. The molecule has 47 heavy (non-hydrogen) atoms. The van der Waals surface area contributed by atoms with Crippen LogP contribution in [0.1, 0.15) is 18.6 Å². The van der Waals surface area contributed by atoms with Gasteiger partial charge in [-0.3, -0.25) is 4.98 Å². The van der Waals surface area contributed by atoms with E-state index in [0.29, 0.717) is 5.46 Å². The summed E-state index contributed by atoms with van der Waals surface area (Å²) >= 11 is 10.1. The van der Waals surface area contributed by atoms with Crippen molar-refractivity contribution in [3.8, 4) is 11.3 Å². The van der Waals surface area contributed by atoms with E-state index in [9.17, 15) is 0 Å². The van der Waals surface area contributed by atoms with Gasteiger partial charge in [0.05, 0.1) is 5.69 Å². The van der Waals surface area contributed by atoms with Gasteiger partial charge in [-0.1, -0.05) is 56.0 Å². The van der Waals surface area contributed by atoms with Crippen LogP contribution in [0, 0.1) is 13.8 Å². The van der Waals surface area contributed by atoms with E-state index in [2.05, 4.69) is 88.9 Å². The zero-order valence-corrected chi connectivity index (χ0v) is 29.5. The van der Waals surface area contributed by atoms with Crippen molar-refractivity contribution in [3.05, 3.63) is 134 Å². The Bertz CT molecular complexity index is 2340. The number of aromatic nitrogens is 2. The molecule has 0 saturated carbocycles. The third-order valence-corrected chi connectivity index (χ3v) is 9.53. The summed E-state index contributed by atoms with van der Waals surface area (Å²) < 4.78 is 14.4. The molecule has 4 heterocycles. The smallest absolute Gasteiger partial charge is 0.456 e. The van der Waals surface area contributed by atoms with Crippen molar-refractivity contribution in [1.82, 2.24) is 9.97 Å². The van der Waals surface area contributed by atoms with E-state index < -0.39 is 7.12 Å². The largest absolute Gasteiger partial charge is 0.488 e. The zero-order valence-electron chi connectivity index (χ0n) is 24.7. The molecule has 0 aliphatic heterocycles. The minimum absolute atomic E-state index is 0. The Kier molecular flexibility index (Phi) is 11.0. The maximum Gasteiger partial charge on any atom is 0.488 e. The number of halogens is 3. The van der Waals surface area contributed by atoms with E-state index in [1.807, 2.05) is 67.7 Å². The summed E-state index contributed by atoms with van der Waals surface area (Å²) in [4.78, 5) is 8.51. The molecule has 10 heteroatoms. The van der Waals surface area contributed by atoms with Crippen molar-refractivity contribution >= 4 is 104 Å². The number of para-hydroxylation sites is 2. The van der Waals surface area contributed by atoms with Crippen LogP contribution in [0.25, 0.3) is 55.1 Å². The van der Waals surface area contributed by atoms with E-state index in [-0.39, 0.29) is 7.43 Å². The predicted octanol–water partition coefficient (Wildman–Crippen LogP) is 10.5. The van der Waals surface area contributed by atoms with E-state index >= 15 is 0 Å². The molecule has 0 bridgehead atoms. The Labute approximate surface area is 298 Å². The molecule has 0 aliphatic rings. The van der Waals surface area contributed by atoms with Gasteiger partial charge in [0.2, 0.25) is 0 Å². The second-order valence-electron chi connectivity index (χ2n) is 10.6. The zero-order chi connectivity index (χ0) is 32.4. The summed E-state index contributed by atoms with van der Waals surface area (Å²) in [5, 5.41) is 22.4. The number of furan rings is 2. The number of benzene rings is 4. The minimum atomic E-state index is -1.45. The number of nitrogens with zero attached hydrogens (tertiary/aromatic N) is 2. The summed E-state index contributed by atoms with van der Waals surface area (Å²) in [5.74, 6) is 0. The molecular weight excluding hydrogens is 787 g/mol. The lowest BCUT2D eigenvalue weighted by Gasteiger charge is -2.04. The standard InChI is InChI=1S/C18H12BrNO.C12H9BO3.C6H5Br2N.CH4/c1-11-8-16(20-10-15(11)19)12-6-7-18-14(9-12)13-4-2-3-5-17(13)21-18;14-13(15)8-5-6-12-10(7-8)9-3-1-2-4-11(9)16-12;1-4-2-6(8)9-3-5(4)7;/h2-10H,1H3;1-7,14-15H;2-3H,1H3;1H4. The second kappa shape index (κ2) is 15.0. The highest BCUT2D eigenvalue weighted by molar-refractivity contribution is 9.11. The van der Waals surface area contributed by atoms with Crippen LogP contribution in [0.4, 0.5) is 0 Å². The molecule has 0 unspecified atom stereocenters. The van der Waals surface area contributed by atoms with Gasteiger partial charge in [-0.2, -0.15) is 0 Å². The van der Waals surface area contributed by atoms with Crippen molar-refractivity contribution in [2.45, 2.75) is 21.3 Å². The van der Waals surface area contributed by atoms with Crippen LogP contribution in [0.2, 0.25) is 0 Å². The SMILES string of the molecule is C.Cc1cc(-c2ccc3oc4ccccc4c3c2)ncc1Br.Cc1cc(Br)ncc1Br.OB(O)c1ccc2oc3ccccc3c2c1. The van der Waals surface area contributed by atoms with E-state index in [1.54, 1.807) is 24.4 Å². The maximum atomic E-state index is 9.12. The van der Waals surface area contributed by atoms with Crippen LogP contribution in [0.3, 0.4) is 0 Å². The molecule has 0 spiro atoms. The van der Waals surface area contributed by atoms with Gasteiger partial charge in [0.15, 0.2) is 0 Å². The number of rotatable bonds is 2. The van der Waals surface area contributed by atoms with Gasteiger partial charge in [0.25, 0.3) is 0 Å². The van der Waals surface area contributed by atoms with Gasteiger partial charge >= 0.3 is 7.12 Å². The number of hydrogen-bond acceptors (Lipinski definition) is 6. The fraction of sp³-hybridized carbons (Fsp3) is 0.0811. The lowest BCUT2D eigenvalue weighted by atomic mass is 9.80. The Morgan fingerprint density at radius 3 is 1.64 bits per heavy atom. The van der Waals surface area contributed by atoms with Crippen molar-refractivity contribution in [2.24, 2.45) is 0 Å². The highest BCUT2D eigenvalue weighted by atomic mass is 79.9. The average Bonchev–Trinajstić information content (AvgIpc) is 3.62. The number of aryl methyl sites for hydroxylation is 2. The molecule has 0 radical (unpaired) electrons. The monoisotopic (exact) mass is 814 g/mol. The molecule has 4 aromatic heterocycles. The van der Waals surface area contributed by atoms with Gasteiger partial charge in [0, 0.05) is 48.4 Å². The molecule has 0 fully saturated rings. The van der Waals surface area contributed by atoms with Gasteiger partial charge < -0.3 is 18.9 Å². The van der Waals surface area contributed by atoms with Crippen LogP contribution < -0.4 is 5.46 Å². The molecule has 0 amide bonds. The van der Waals surface area contributed by atoms with E-state index in [1.165, 1.54) is 11.1 Å². The van der Waals surface area contributed by atoms with Crippen LogP contribution in [-0.2, 0) is 0 Å². The fourth-order valence-electron chi connectivity index (χ4n) is 4.99. The van der Waals surface area contributed by atoms with Crippen molar-refractivity contribution in [3.63, 3.8) is 0 Å². The summed E-state index contributed by atoms with van der Waals surface area (Å²) in [6.07, 6.45) is 3.63. The van der Waals surface area contributed by atoms with Crippen molar-refractivity contribution in [2.75, 3.05) is 0 Å². The summed E-state index contributed by atoms with van der Waals surface area (Å²) in [5.41, 5.74) is 8.31. The van der Waals surface area contributed by atoms with Crippen molar-refractivity contribution in [1.29, 1.82) is 0 Å². The Balaban J connectivity index is 0.000000148. The van der Waals surface area contributed by atoms with Gasteiger partial charge in [-0.25, -0.2) is 4.98 Å². The Hall–Kier alpha value is -3.80. The van der Waals surface area contributed by atoms with Gasteiger partial charge in [0.1, 0.15) is 26.9 Å². The van der Waals surface area contributed by atoms with Crippen LogP contribution in [-0.4, -0.2) is 27.1 Å². The van der Waals surface area contributed by atoms with E-state index in [0.717, 1.165) is 68.7 Å². The molecular formula is C37H30BBr3N2O4.